The summed E-state index contributed by atoms with van der Waals surface area (Å²) in [7, 11) is 3.06. The van der Waals surface area contributed by atoms with Crippen molar-refractivity contribution in [3.05, 3.63) is 95.1 Å². The lowest BCUT2D eigenvalue weighted by molar-refractivity contribution is -0.140. The minimum Gasteiger partial charge on any atom is -0.507 e. The van der Waals surface area contributed by atoms with E-state index in [-0.39, 0.29) is 17.9 Å². The molecule has 3 aromatic rings. The number of carbonyl (C=O) groups is 2. The second-order valence-electron chi connectivity index (χ2n) is 7.98. The van der Waals surface area contributed by atoms with Crippen molar-refractivity contribution in [3.63, 3.8) is 0 Å². The third kappa shape index (κ3) is 4.71. The molecule has 180 valence electrons. The lowest BCUT2D eigenvalue weighted by Gasteiger charge is -2.26. The number of amides is 1. The summed E-state index contributed by atoms with van der Waals surface area (Å²) in [4.78, 5) is 28.1. The van der Waals surface area contributed by atoms with E-state index in [2.05, 4.69) is 0 Å². The summed E-state index contributed by atoms with van der Waals surface area (Å²) < 4.78 is 16.3. The van der Waals surface area contributed by atoms with Crippen molar-refractivity contribution in [2.24, 2.45) is 0 Å². The van der Waals surface area contributed by atoms with Crippen molar-refractivity contribution in [2.75, 3.05) is 20.8 Å². The van der Waals surface area contributed by atoms with Crippen LogP contribution in [0.2, 0.25) is 0 Å². The highest BCUT2D eigenvalue weighted by molar-refractivity contribution is 6.46. The van der Waals surface area contributed by atoms with Gasteiger partial charge in [0, 0.05) is 6.54 Å². The third-order valence-corrected chi connectivity index (χ3v) is 5.90. The van der Waals surface area contributed by atoms with Gasteiger partial charge in [-0.25, -0.2) is 0 Å². The predicted octanol–water partition coefficient (Wildman–Crippen LogP) is 4.72. The van der Waals surface area contributed by atoms with Crippen LogP contribution in [0.4, 0.5) is 0 Å². The minimum atomic E-state index is -0.817. The summed E-state index contributed by atoms with van der Waals surface area (Å²) in [5.41, 5.74) is 1.81. The van der Waals surface area contributed by atoms with Crippen LogP contribution in [0, 0.1) is 0 Å². The van der Waals surface area contributed by atoms with Gasteiger partial charge in [-0.1, -0.05) is 36.4 Å². The Bertz CT molecular complexity index is 1260. The molecule has 0 spiro atoms. The number of Topliss-reactive ketones (excluding diaryl/α,β-unsaturated/α-hetero) is 1. The van der Waals surface area contributed by atoms with Crippen LogP contribution < -0.4 is 14.2 Å². The Morgan fingerprint density at radius 1 is 0.914 bits per heavy atom. The van der Waals surface area contributed by atoms with E-state index in [0.29, 0.717) is 35.0 Å². The predicted molar refractivity (Wildman–Crippen MR) is 131 cm³/mol. The zero-order valence-corrected chi connectivity index (χ0v) is 19.9. The van der Waals surface area contributed by atoms with E-state index in [4.69, 9.17) is 14.2 Å². The monoisotopic (exact) mass is 473 g/mol. The van der Waals surface area contributed by atoms with Gasteiger partial charge in [-0.2, -0.15) is 0 Å². The number of ketones is 1. The number of hydrogen-bond donors (Lipinski definition) is 1. The zero-order valence-electron chi connectivity index (χ0n) is 19.9. The first-order chi connectivity index (χ1) is 17.0. The number of aliphatic hydroxyl groups excluding tert-OH is 1. The molecule has 0 radical (unpaired) electrons. The summed E-state index contributed by atoms with van der Waals surface area (Å²) in [5, 5.41) is 11.3. The maximum Gasteiger partial charge on any atom is 0.295 e. The minimum absolute atomic E-state index is 0.00154. The molecule has 0 aliphatic carbocycles. The van der Waals surface area contributed by atoms with Gasteiger partial charge in [0.05, 0.1) is 38.0 Å². The molecule has 3 aromatic carbocycles. The molecular formula is C28H27NO6. The van der Waals surface area contributed by atoms with Crippen LogP contribution in [0.5, 0.6) is 17.2 Å². The highest BCUT2D eigenvalue weighted by atomic mass is 16.5. The van der Waals surface area contributed by atoms with Crippen LogP contribution in [-0.2, 0) is 16.1 Å². The largest absolute Gasteiger partial charge is 0.507 e. The first kappa shape index (κ1) is 23.9. The molecule has 0 saturated carbocycles. The number of likely N-dealkylation sites (tertiary alicyclic amines) is 1. The first-order valence-corrected chi connectivity index (χ1v) is 11.3. The number of rotatable bonds is 8. The lowest BCUT2D eigenvalue weighted by atomic mass is 9.94. The Labute approximate surface area is 204 Å². The molecule has 7 nitrogen and oxygen atoms in total. The highest BCUT2D eigenvalue weighted by Gasteiger charge is 2.46. The molecular weight excluding hydrogens is 446 g/mol. The Kier molecular flexibility index (Phi) is 7.06. The van der Waals surface area contributed by atoms with E-state index in [1.165, 1.54) is 12.0 Å². The van der Waals surface area contributed by atoms with E-state index in [1.54, 1.807) is 55.6 Å². The van der Waals surface area contributed by atoms with Crippen molar-refractivity contribution in [1.29, 1.82) is 0 Å². The molecule has 7 heteroatoms. The first-order valence-electron chi connectivity index (χ1n) is 11.3. The van der Waals surface area contributed by atoms with Gasteiger partial charge in [-0.3, -0.25) is 9.59 Å². The number of ether oxygens (including phenoxy) is 3. The van der Waals surface area contributed by atoms with Crippen molar-refractivity contribution in [2.45, 2.75) is 19.5 Å². The normalized spacial score (nSPS) is 16.9. The van der Waals surface area contributed by atoms with Crippen LogP contribution >= 0.6 is 0 Å². The standard InChI is InChI=1S/C28H27NO6/c1-4-35-21-9-7-8-19(16-21)25-24(26(30)22-10-5-6-11-23(22)34-3)27(31)28(32)29(25)17-18-12-14-20(33-2)15-13-18/h5-16,25,30H,4,17H2,1-3H3/b26-24-. The van der Waals surface area contributed by atoms with Crippen LogP contribution in [0.15, 0.2) is 78.4 Å². The van der Waals surface area contributed by atoms with E-state index in [9.17, 15) is 14.7 Å². The molecule has 1 N–H and O–H groups in total. The topological polar surface area (TPSA) is 85.3 Å². The van der Waals surface area contributed by atoms with E-state index in [1.807, 2.05) is 31.2 Å². The molecule has 1 heterocycles. The summed E-state index contributed by atoms with van der Waals surface area (Å²) in [6.07, 6.45) is 0. The van der Waals surface area contributed by atoms with Crippen molar-refractivity contribution < 1.29 is 28.9 Å². The molecule has 1 atom stereocenters. The van der Waals surface area contributed by atoms with E-state index < -0.39 is 17.7 Å². The second kappa shape index (κ2) is 10.3. The number of para-hydroxylation sites is 1. The summed E-state index contributed by atoms with van der Waals surface area (Å²) in [6, 6.07) is 20.5. The summed E-state index contributed by atoms with van der Waals surface area (Å²) >= 11 is 0. The zero-order chi connectivity index (χ0) is 24.9. The average Bonchev–Trinajstić information content (AvgIpc) is 3.14. The van der Waals surface area contributed by atoms with Gasteiger partial charge in [0.25, 0.3) is 11.7 Å². The van der Waals surface area contributed by atoms with Gasteiger partial charge in [-0.05, 0) is 54.4 Å². The smallest absolute Gasteiger partial charge is 0.295 e. The van der Waals surface area contributed by atoms with Gasteiger partial charge >= 0.3 is 0 Å². The third-order valence-electron chi connectivity index (χ3n) is 5.90. The quantitative estimate of drug-likeness (QED) is 0.289. The molecule has 0 bridgehead atoms. The second-order valence-corrected chi connectivity index (χ2v) is 7.98. The fraction of sp³-hybridized carbons (Fsp3) is 0.214. The Balaban J connectivity index is 1.86. The van der Waals surface area contributed by atoms with Crippen LogP contribution in [0.1, 0.15) is 29.7 Å². The summed E-state index contributed by atoms with van der Waals surface area (Å²) in [5.74, 6) is -0.0407. The van der Waals surface area contributed by atoms with Crippen LogP contribution in [0.3, 0.4) is 0 Å². The number of aliphatic hydroxyl groups is 1. The van der Waals surface area contributed by atoms with Gasteiger partial charge in [0.1, 0.15) is 23.0 Å². The van der Waals surface area contributed by atoms with Crippen LogP contribution in [-0.4, -0.2) is 42.5 Å². The molecule has 0 aromatic heterocycles. The van der Waals surface area contributed by atoms with Gasteiger partial charge in [-0.15, -0.1) is 0 Å². The fourth-order valence-electron chi connectivity index (χ4n) is 4.24. The molecule has 1 aliphatic rings. The summed E-state index contributed by atoms with van der Waals surface area (Å²) in [6.45, 7) is 2.52. The molecule has 1 amide bonds. The van der Waals surface area contributed by atoms with Gasteiger partial charge < -0.3 is 24.2 Å². The van der Waals surface area contributed by atoms with Gasteiger partial charge in [0.2, 0.25) is 0 Å². The van der Waals surface area contributed by atoms with Gasteiger partial charge in [0.15, 0.2) is 0 Å². The number of nitrogens with zero attached hydrogens (tertiary/aromatic N) is 1. The van der Waals surface area contributed by atoms with Crippen molar-refractivity contribution >= 4 is 17.4 Å². The molecule has 1 saturated heterocycles. The Hall–Kier alpha value is -4.26. The number of carbonyl (C=O) groups excluding carboxylic acids is 2. The van der Waals surface area contributed by atoms with Crippen molar-refractivity contribution in [3.8, 4) is 17.2 Å². The Morgan fingerprint density at radius 3 is 2.34 bits per heavy atom. The SMILES string of the molecule is CCOc1cccc(C2/C(=C(/O)c3ccccc3OC)C(=O)C(=O)N2Cc2ccc(OC)cc2)c1. The molecule has 1 fully saturated rings. The molecule has 4 rings (SSSR count). The van der Waals surface area contributed by atoms with Crippen LogP contribution in [0.25, 0.3) is 5.76 Å². The highest BCUT2D eigenvalue weighted by Crippen LogP contribution is 2.42. The number of methoxy groups -OCH3 is 2. The molecule has 35 heavy (non-hydrogen) atoms. The molecule has 1 unspecified atom stereocenters. The fourth-order valence-corrected chi connectivity index (χ4v) is 4.24. The number of hydrogen-bond acceptors (Lipinski definition) is 6. The van der Waals surface area contributed by atoms with E-state index in [0.717, 1.165) is 5.56 Å². The van der Waals surface area contributed by atoms with E-state index >= 15 is 0 Å². The maximum atomic E-state index is 13.3. The average molecular weight is 474 g/mol. The number of benzene rings is 3. The maximum absolute atomic E-state index is 13.3. The van der Waals surface area contributed by atoms with Crippen molar-refractivity contribution in [1.82, 2.24) is 4.90 Å². The lowest BCUT2D eigenvalue weighted by Crippen LogP contribution is -2.29. The Morgan fingerprint density at radius 2 is 1.66 bits per heavy atom. The molecule has 1 aliphatic heterocycles.